The normalized spacial score (nSPS) is 11.7. The molecule has 0 aliphatic carbocycles. The molecule has 0 amide bonds. The highest BCUT2D eigenvalue weighted by Gasteiger charge is 2.15. The van der Waals surface area contributed by atoms with Crippen LogP contribution in [0.4, 0.5) is 11.4 Å². The molecule has 0 aliphatic rings. The van der Waals surface area contributed by atoms with E-state index >= 15 is 0 Å². The number of rotatable bonds is 5. The Bertz CT molecular complexity index is 820. The minimum absolute atomic E-state index is 0.0847. The molecule has 0 bridgehead atoms. The van der Waals surface area contributed by atoms with Gasteiger partial charge < -0.3 is 0 Å². The van der Waals surface area contributed by atoms with Crippen LogP contribution in [0.1, 0.15) is 9.75 Å². The van der Waals surface area contributed by atoms with Crippen LogP contribution in [0.25, 0.3) is 6.08 Å². The fourth-order valence-electron chi connectivity index (χ4n) is 1.61. The summed E-state index contributed by atoms with van der Waals surface area (Å²) in [5.41, 5.74) is 0.477. The second kappa shape index (κ2) is 6.13. The molecule has 1 heterocycles. The molecule has 5 nitrogen and oxygen atoms in total. The van der Waals surface area contributed by atoms with Gasteiger partial charge in [0.2, 0.25) is 0 Å². The predicted octanol–water partition coefficient (Wildman–Crippen LogP) is 3.72. The van der Waals surface area contributed by atoms with E-state index in [1.807, 2.05) is 12.1 Å². The summed E-state index contributed by atoms with van der Waals surface area (Å²) in [5.74, 6) is 0. The first-order valence-electron chi connectivity index (χ1n) is 5.78. The maximum Gasteiger partial charge on any atom is 0.296 e. The lowest BCUT2D eigenvalue weighted by atomic mass is 10.3. The monoisotopic (exact) mass is 320 g/mol. The van der Waals surface area contributed by atoms with E-state index in [9.17, 15) is 8.42 Å². The van der Waals surface area contributed by atoms with Gasteiger partial charge >= 0.3 is 0 Å². The van der Waals surface area contributed by atoms with Gasteiger partial charge in [-0.2, -0.15) is 8.42 Å². The van der Waals surface area contributed by atoms with Crippen LogP contribution in [0, 0.1) is 0 Å². The zero-order valence-electron chi connectivity index (χ0n) is 10.9. The van der Waals surface area contributed by atoms with Gasteiger partial charge in [-0.25, -0.2) is 0 Å². The van der Waals surface area contributed by atoms with Gasteiger partial charge in [-0.3, -0.25) is 14.5 Å². The first kappa shape index (κ1) is 15.3. The minimum atomic E-state index is -4.37. The highest BCUT2D eigenvalue weighted by molar-refractivity contribution is 7.86. The van der Waals surface area contributed by atoms with Crippen molar-refractivity contribution < 1.29 is 13.0 Å². The molecule has 0 saturated carbocycles. The largest absolute Gasteiger partial charge is 0.296 e. The Morgan fingerprint density at radius 2 is 1.90 bits per heavy atom. The fourth-order valence-corrected chi connectivity index (χ4v) is 3.01. The number of thiophene rings is 1. The third kappa shape index (κ3) is 3.72. The van der Waals surface area contributed by atoms with Crippen molar-refractivity contribution >= 4 is 51.8 Å². The van der Waals surface area contributed by atoms with E-state index in [-0.39, 0.29) is 10.6 Å². The molecule has 0 spiro atoms. The molecule has 108 valence electrons. The van der Waals surface area contributed by atoms with Crippen LogP contribution in [0.3, 0.4) is 0 Å². The smallest absolute Gasteiger partial charge is 0.282 e. The molecule has 1 N–H and O–H groups in total. The van der Waals surface area contributed by atoms with Crippen molar-refractivity contribution in [1.29, 1.82) is 0 Å². The van der Waals surface area contributed by atoms with Gasteiger partial charge in [-0.05, 0) is 37.0 Å². The van der Waals surface area contributed by atoms with Crippen molar-refractivity contribution in [3.63, 3.8) is 0 Å². The molecule has 21 heavy (non-hydrogen) atoms. The summed E-state index contributed by atoms with van der Waals surface area (Å²) < 4.78 is 31.7. The van der Waals surface area contributed by atoms with Crippen LogP contribution >= 0.6 is 11.3 Å². The predicted molar refractivity (Wildman–Crippen MR) is 87.1 cm³/mol. The summed E-state index contributed by atoms with van der Waals surface area (Å²) in [6.07, 6.45) is 3.35. The molecule has 0 aliphatic heterocycles. The average Bonchev–Trinajstić information content (AvgIpc) is 2.92. The van der Waals surface area contributed by atoms with E-state index in [1.165, 1.54) is 23.5 Å². The van der Waals surface area contributed by atoms with Gasteiger partial charge in [0.1, 0.15) is 4.90 Å². The van der Waals surface area contributed by atoms with Crippen LogP contribution in [0.5, 0.6) is 0 Å². The Balaban J connectivity index is 2.37. The summed E-state index contributed by atoms with van der Waals surface area (Å²) in [6, 6.07) is 8.07. The summed E-state index contributed by atoms with van der Waals surface area (Å²) >= 11 is 1.51. The lowest BCUT2D eigenvalue weighted by Gasteiger charge is -2.02. The van der Waals surface area contributed by atoms with Gasteiger partial charge in [0.05, 0.1) is 11.4 Å². The van der Waals surface area contributed by atoms with Gasteiger partial charge in [0.15, 0.2) is 0 Å². The first-order chi connectivity index (χ1) is 9.94. The molecule has 7 heteroatoms. The molecule has 2 aromatic rings. The molecular formula is C14H12N2O3S2. The molecule has 0 atom stereocenters. The van der Waals surface area contributed by atoms with E-state index in [4.69, 9.17) is 4.55 Å². The highest BCUT2D eigenvalue weighted by Crippen LogP contribution is 2.28. The van der Waals surface area contributed by atoms with Gasteiger partial charge in [-0.15, -0.1) is 11.3 Å². The third-order valence-electron chi connectivity index (χ3n) is 2.58. The third-order valence-corrected chi connectivity index (χ3v) is 4.48. The van der Waals surface area contributed by atoms with E-state index in [0.717, 1.165) is 9.75 Å². The lowest BCUT2D eigenvalue weighted by Crippen LogP contribution is -1.98. The number of hydrogen-bond donors (Lipinski definition) is 1. The van der Waals surface area contributed by atoms with Crippen LogP contribution in [-0.4, -0.2) is 25.9 Å². The SMILES string of the molecule is C=Cc1ccc(C=Nc2ccc(N=C)c(S(=O)(=O)O)c2)s1. The Hall–Kier alpha value is -2.09. The molecule has 1 aromatic heterocycles. The van der Waals surface area contributed by atoms with E-state index in [2.05, 4.69) is 23.3 Å². The zero-order valence-corrected chi connectivity index (χ0v) is 12.6. The van der Waals surface area contributed by atoms with Crippen LogP contribution < -0.4 is 0 Å². The van der Waals surface area contributed by atoms with E-state index in [1.54, 1.807) is 18.4 Å². The number of benzene rings is 1. The fraction of sp³-hybridized carbons (Fsp3) is 0. The van der Waals surface area contributed by atoms with Crippen LogP contribution in [0.15, 0.2) is 51.8 Å². The van der Waals surface area contributed by atoms with Crippen LogP contribution in [0.2, 0.25) is 0 Å². The van der Waals surface area contributed by atoms with E-state index in [0.29, 0.717) is 5.69 Å². The molecular weight excluding hydrogens is 308 g/mol. The summed E-state index contributed by atoms with van der Waals surface area (Å²) in [5, 5.41) is 0. The molecule has 2 rings (SSSR count). The molecule has 0 fully saturated rings. The second-order valence-electron chi connectivity index (χ2n) is 3.99. The summed E-state index contributed by atoms with van der Waals surface area (Å²) in [6.45, 7) is 6.94. The topological polar surface area (TPSA) is 79.1 Å². The first-order valence-corrected chi connectivity index (χ1v) is 8.04. The van der Waals surface area contributed by atoms with Crippen molar-refractivity contribution in [2.75, 3.05) is 0 Å². The van der Waals surface area contributed by atoms with Gasteiger partial charge in [-0.1, -0.05) is 12.7 Å². The quantitative estimate of drug-likeness (QED) is 0.673. The standard InChI is InChI=1S/C14H12N2O3S2/c1-3-11-5-6-12(20-11)9-16-10-4-7-13(15-2)14(8-10)21(17,18)19/h3-9H,1-2H2,(H,17,18,19). The zero-order chi connectivity index (χ0) is 15.5. The minimum Gasteiger partial charge on any atom is -0.282 e. The molecule has 0 radical (unpaired) electrons. The number of nitrogens with zero attached hydrogens (tertiary/aromatic N) is 2. The van der Waals surface area contributed by atoms with Gasteiger partial charge in [0.25, 0.3) is 10.1 Å². The Morgan fingerprint density at radius 3 is 2.48 bits per heavy atom. The maximum atomic E-state index is 11.3. The van der Waals surface area contributed by atoms with Crippen molar-refractivity contribution in [3.8, 4) is 0 Å². The van der Waals surface area contributed by atoms with Crippen molar-refractivity contribution in [3.05, 3.63) is 46.7 Å². The average molecular weight is 320 g/mol. The molecule has 0 unspecified atom stereocenters. The Kier molecular flexibility index (Phi) is 4.46. The Labute approximate surface area is 126 Å². The van der Waals surface area contributed by atoms with E-state index < -0.39 is 10.1 Å². The number of aliphatic imine (C=N–C) groups is 2. The maximum absolute atomic E-state index is 11.3. The van der Waals surface area contributed by atoms with Crippen molar-refractivity contribution in [1.82, 2.24) is 0 Å². The lowest BCUT2D eigenvalue weighted by molar-refractivity contribution is 0.483. The van der Waals surface area contributed by atoms with Gasteiger partial charge in [0, 0.05) is 16.0 Å². The van der Waals surface area contributed by atoms with Crippen LogP contribution in [-0.2, 0) is 10.1 Å². The van der Waals surface area contributed by atoms with Crippen molar-refractivity contribution in [2.45, 2.75) is 4.90 Å². The summed E-state index contributed by atoms with van der Waals surface area (Å²) in [4.78, 5) is 9.35. The Morgan fingerprint density at radius 1 is 1.19 bits per heavy atom. The molecule has 1 aromatic carbocycles. The summed E-state index contributed by atoms with van der Waals surface area (Å²) in [7, 11) is -4.37. The van der Waals surface area contributed by atoms with Crippen molar-refractivity contribution in [2.24, 2.45) is 9.98 Å². The number of hydrogen-bond acceptors (Lipinski definition) is 5. The highest BCUT2D eigenvalue weighted by atomic mass is 32.2. The molecule has 0 saturated heterocycles. The second-order valence-corrected chi connectivity index (χ2v) is 6.52.